The first-order valence-corrected chi connectivity index (χ1v) is 7.18. The van der Waals surface area contributed by atoms with Crippen molar-refractivity contribution in [2.75, 3.05) is 13.1 Å². The molecular formula is C16H26N2O2. The van der Waals surface area contributed by atoms with Crippen LogP contribution >= 0.6 is 0 Å². The number of nitrogens with one attached hydrogen (secondary N) is 2. The van der Waals surface area contributed by atoms with Gasteiger partial charge in [0.25, 0.3) is 0 Å². The molecule has 1 saturated carbocycles. The van der Waals surface area contributed by atoms with Gasteiger partial charge in [-0.15, -0.1) is 0 Å². The second-order valence-electron chi connectivity index (χ2n) is 5.71. The lowest BCUT2D eigenvalue weighted by molar-refractivity contribution is -0.141. The number of Topliss-reactive ketones (excluding diaryl/α,β-unsaturated/α-hetero) is 2. The van der Waals surface area contributed by atoms with Crippen LogP contribution in [0.15, 0.2) is 25.6 Å². The van der Waals surface area contributed by atoms with Gasteiger partial charge in [-0.2, -0.15) is 0 Å². The summed E-state index contributed by atoms with van der Waals surface area (Å²) in [6.45, 7) is 11.8. The Morgan fingerprint density at radius 1 is 1.25 bits per heavy atom. The number of carbonyl (C=O) groups excluding carboxylic acids is 2. The van der Waals surface area contributed by atoms with E-state index in [1.54, 1.807) is 26.2 Å². The molecule has 0 amide bonds. The van der Waals surface area contributed by atoms with Crippen LogP contribution in [0.2, 0.25) is 0 Å². The standard InChI is InChI=1S/C16H26N2O2/c1-5-17-10-14-7-8-16(13(4)20,11-18-6-2)15(9-14)12(3)19/h5-6,14-15,17-18H,1-2,7-11H2,3-4H3. The van der Waals surface area contributed by atoms with Crippen LogP contribution in [-0.2, 0) is 9.59 Å². The maximum absolute atomic E-state index is 12.2. The number of rotatable bonds is 8. The minimum atomic E-state index is -0.579. The van der Waals surface area contributed by atoms with E-state index in [-0.39, 0.29) is 17.5 Å². The van der Waals surface area contributed by atoms with Crippen LogP contribution < -0.4 is 10.6 Å². The van der Waals surface area contributed by atoms with Crippen LogP contribution in [0.1, 0.15) is 33.1 Å². The van der Waals surface area contributed by atoms with Gasteiger partial charge in [0, 0.05) is 19.0 Å². The van der Waals surface area contributed by atoms with E-state index in [2.05, 4.69) is 23.8 Å². The van der Waals surface area contributed by atoms with Crippen molar-refractivity contribution in [2.45, 2.75) is 33.1 Å². The minimum absolute atomic E-state index is 0.0992. The minimum Gasteiger partial charge on any atom is -0.391 e. The third-order valence-corrected chi connectivity index (χ3v) is 4.54. The Kier molecular flexibility index (Phi) is 5.99. The maximum atomic E-state index is 12.2. The summed E-state index contributed by atoms with van der Waals surface area (Å²) in [5.41, 5.74) is -0.579. The first kappa shape index (κ1) is 16.5. The predicted molar refractivity (Wildman–Crippen MR) is 81.0 cm³/mol. The van der Waals surface area contributed by atoms with Gasteiger partial charge in [0.1, 0.15) is 11.6 Å². The average molecular weight is 278 g/mol. The smallest absolute Gasteiger partial charge is 0.138 e. The van der Waals surface area contributed by atoms with Crippen LogP contribution in [0, 0.1) is 17.3 Å². The molecule has 0 spiro atoms. The molecule has 0 aromatic rings. The second-order valence-corrected chi connectivity index (χ2v) is 5.71. The summed E-state index contributed by atoms with van der Waals surface area (Å²) in [5, 5.41) is 6.16. The molecule has 0 bridgehead atoms. The Hall–Kier alpha value is -1.58. The van der Waals surface area contributed by atoms with Gasteiger partial charge in [-0.1, -0.05) is 13.2 Å². The van der Waals surface area contributed by atoms with Crippen molar-refractivity contribution in [3.05, 3.63) is 25.6 Å². The fourth-order valence-electron chi connectivity index (χ4n) is 3.31. The molecule has 0 aliphatic heterocycles. The molecule has 2 N–H and O–H groups in total. The van der Waals surface area contributed by atoms with Crippen molar-refractivity contribution in [3.8, 4) is 0 Å². The van der Waals surface area contributed by atoms with Crippen molar-refractivity contribution in [1.82, 2.24) is 10.6 Å². The number of hydrogen-bond acceptors (Lipinski definition) is 4. The molecule has 0 aromatic heterocycles. The van der Waals surface area contributed by atoms with E-state index in [4.69, 9.17) is 0 Å². The SMILES string of the molecule is C=CNCC1CCC(CNC=C)(C(C)=O)C(C(C)=O)C1. The largest absolute Gasteiger partial charge is 0.391 e. The topological polar surface area (TPSA) is 58.2 Å². The first-order chi connectivity index (χ1) is 9.47. The van der Waals surface area contributed by atoms with Crippen LogP contribution in [-0.4, -0.2) is 24.7 Å². The van der Waals surface area contributed by atoms with E-state index in [0.29, 0.717) is 12.5 Å². The molecule has 1 fully saturated rings. The number of hydrogen-bond donors (Lipinski definition) is 2. The monoisotopic (exact) mass is 278 g/mol. The first-order valence-electron chi connectivity index (χ1n) is 7.18. The van der Waals surface area contributed by atoms with Crippen molar-refractivity contribution in [3.63, 3.8) is 0 Å². The molecule has 1 rings (SSSR count). The summed E-state index contributed by atoms with van der Waals surface area (Å²) in [5.74, 6) is 0.410. The molecular weight excluding hydrogens is 252 g/mol. The summed E-state index contributed by atoms with van der Waals surface area (Å²) in [6.07, 6.45) is 5.72. The fraction of sp³-hybridized carbons (Fsp3) is 0.625. The summed E-state index contributed by atoms with van der Waals surface area (Å²) >= 11 is 0. The lowest BCUT2D eigenvalue weighted by atomic mass is 9.60. The van der Waals surface area contributed by atoms with E-state index < -0.39 is 5.41 Å². The van der Waals surface area contributed by atoms with E-state index in [0.717, 1.165) is 25.8 Å². The fourth-order valence-corrected chi connectivity index (χ4v) is 3.31. The Labute approximate surface area is 121 Å². The Morgan fingerprint density at radius 3 is 2.40 bits per heavy atom. The Bertz CT molecular complexity index is 392. The molecule has 0 heterocycles. The molecule has 0 aromatic carbocycles. The van der Waals surface area contributed by atoms with Crippen molar-refractivity contribution < 1.29 is 9.59 Å². The molecule has 0 radical (unpaired) electrons. The van der Waals surface area contributed by atoms with Crippen molar-refractivity contribution >= 4 is 11.6 Å². The highest BCUT2D eigenvalue weighted by Crippen LogP contribution is 2.44. The number of ketones is 2. The molecule has 1 aliphatic rings. The molecule has 3 unspecified atom stereocenters. The molecule has 20 heavy (non-hydrogen) atoms. The van der Waals surface area contributed by atoms with Gasteiger partial charge >= 0.3 is 0 Å². The third kappa shape index (κ3) is 3.50. The third-order valence-electron chi connectivity index (χ3n) is 4.54. The van der Waals surface area contributed by atoms with E-state index in [9.17, 15) is 9.59 Å². The summed E-state index contributed by atoms with van der Waals surface area (Å²) in [7, 11) is 0. The van der Waals surface area contributed by atoms with Gasteiger partial charge in [0.2, 0.25) is 0 Å². The maximum Gasteiger partial charge on any atom is 0.138 e. The van der Waals surface area contributed by atoms with Crippen molar-refractivity contribution in [1.29, 1.82) is 0 Å². The molecule has 112 valence electrons. The molecule has 4 heteroatoms. The van der Waals surface area contributed by atoms with Gasteiger partial charge in [-0.05, 0) is 51.4 Å². The van der Waals surface area contributed by atoms with Crippen LogP contribution in [0.3, 0.4) is 0 Å². The highest BCUT2D eigenvalue weighted by molar-refractivity contribution is 5.91. The normalized spacial score (nSPS) is 29.3. The average Bonchev–Trinajstić information content (AvgIpc) is 2.42. The van der Waals surface area contributed by atoms with E-state index in [1.165, 1.54) is 0 Å². The van der Waals surface area contributed by atoms with Crippen LogP contribution in [0.25, 0.3) is 0 Å². The zero-order valence-electron chi connectivity index (χ0n) is 12.6. The van der Waals surface area contributed by atoms with Gasteiger partial charge in [0.15, 0.2) is 0 Å². The molecule has 0 saturated heterocycles. The van der Waals surface area contributed by atoms with Crippen molar-refractivity contribution in [2.24, 2.45) is 17.3 Å². The van der Waals surface area contributed by atoms with Crippen LogP contribution in [0.5, 0.6) is 0 Å². The van der Waals surface area contributed by atoms with Gasteiger partial charge < -0.3 is 10.6 Å². The van der Waals surface area contributed by atoms with Crippen LogP contribution in [0.4, 0.5) is 0 Å². The highest BCUT2D eigenvalue weighted by Gasteiger charge is 2.48. The van der Waals surface area contributed by atoms with Gasteiger partial charge in [0.05, 0.1) is 5.41 Å². The lowest BCUT2D eigenvalue weighted by Gasteiger charge is -2.44. The zero-order valence-corrected chi connectivity index (χ0v) is 12.6. The Balaban J connectivity index is 2.93. The summed E-state index contributed by atoms with van der Waals surface area (Å²) in [4.78, 5) is 24.3. The zero-order chi connectivity index (χ0) is 15.2. The highest BCUT2D eigenvalue weighted by atomic mass is 16.1. The van der Waals surface area contributed by atoms with E-state index in [1.807, 2.05) is 0 Å². The predicted octanol–water partition coefficient (Wildman–Crippen LogP) is 2.03. The molecule has 4 nitrogen and oxygen atoms in total. The number of carbonyl (C=O) groups is 2. The van der Waals surface area contributed by atoms with Gasteiger partial charge in [-0.3, -0.25) is 9.59 Å². The van der Waals surface area contributed by atoms with Gasteiger partial charge in [-0.25, -0.2) is 0 Å². The summed E-state index contributed by atoms with van der Waals surface area (Å²) < 4.78 is 0. The molecule has 1 aliphatic carbocycles. The van der Waals surface area contributed by atoms with E-state index >= 15 is 0 Å². The quantitative estimate of drug-likeness (QED) is 0.713. The molecule has 3 atom stereocenters. The second kappa shape index (κ2) is 7.27. The Morgan fingerprint density at radius 2 is 1.90 bits per heavy atom. The lowest BCUT2D eigenvalue weighted by Crippen LogP contribution is -2.51. The summed E-state index contributed by atoms with van der Waals surface area (Å²) in [6, 6.07) is 0.